The van der Waals surface area contributed by atoms with Crippen molar-refractivity contribution in [2.75, 3.05) is 33.2 Å². The molecule has 0 aromatic rings. The van der Waals surface area contributed by atoms with Crippen LogP contribution in [0.2, 0.25) is 0 Å². The van der Waals surface area contributed by atoms with Crippen molar-refractivity contribution in [1.29, 1.82) is 0 Å². The number of hydrogen-bond donors (Lipinski definition) is 1. The maximum absolute atomic E-state index is 5.81. The maximum atomic E-state index is 5.81. The van der Waals surface area contributed by atoms with Crippen LogP contribution in [0.4, 0.5) is 0 Å². The lowest BCUT2D eigenvalue weighted by Gasteiger charge is -2.34. The van der Waals surface area contributed by atoms with Gasteiger partial charge in [0.1, 0.15) is 0 Å². The van der Waals surface area contributed by atoms with E-state index in [1.807, 2.05) is 0 Å². The number of hydrogen-bond acceptors (Lipinski definition) is 3. The van der Waals surface area contributed by atoms with Crippen molar-refractivity contribution in [3.05, 3.63) is 0 Å². The van der Waals surface area contributed by atoms with Gasteiger partial charge in [0.05, 0.1) is 0 Å². The van der Waals surface area contributed by atoms with E-state index in [0.29, 0.717) is 6.04 Å². The average Bonchev–Trinajstić information content (AvgIpc) is 2.71. The first-order valence-electron chi connectivity index (χ1n) is 8.35. The predicted molar refractivity (Wildman–Crippen MR) is 82.3 cm³/mol. The third kappa shape index (κ3) is 4.44. The van der Waals surface area contributed by atoms with Crippen LogP contribution >= 0.6 is 0 Å². The van der Waals surface area contributed by atoms with Crippen molar-refractivity contribution in [2.45, 2.75) is 64.0 Å². The van der Waals surface area contributed by atoms with Crippen molar-refractivity contribution in [3.63, 3.8) is 0 Å². The van der Waals surface area contributed by atoms with Crippen molar-refractivity contribution in [1.82, 2.24) is 9.80 Å². The molecule has 112 valence electrons. The van der Waals surface area contributed by atoms with Gasteiger partial charge >= 0.3 is 0 Å². The average molecular weight is 267 g/mol. The molecule has 0 radical (unpaired) electrons. The van der Waals surface area contributed by atoms with Crippen LogP contribution in [0.1, 0.15) is 51.9 Å². The first-order chi connectivity index (χ1) is 9.20. The van der Waals surface area contributed by atoms with Gasteiger partial charge < -0.3 is 10.6 Å². The molecule has 2 unspecified atom stereocenters. The molecule has 19 heavy (non-hydrogen) atoms. The Hall–Kier alpha value is -0.120. The largest absolute Gasteiger partial charge is 0.330 e. The Balaban J connectivity index is 2.00. The topological polar surface area (TPSA) is 32.5 Å². The molecule has 2 fully saturated rings. The molecule has 0 bridgehead atoms. The highest BCUT2D eigenvalue weighted by Crippen LogP contribution is 2.25. The second-order valence-electron chi connectivity index (χ2n) is 6.88. The van der Waals surface area contributed by atoms with Crippen LogP contribution in [0.25, 0.3) is 0 Å². The smallest absolute Gasteiger partial charge is 0.0232 e. The summed E-state index contributed by atoms with van der Waals surface area (Å²) >= 11 is 0. The quantitative estimate of drug-likeness (QED) is 0.797. The van der Waals surface area contributed by atoms with Gasteiger partial charge in [0.25, 0.3) is 0 Å². The predicted octanol–water partition coefficient (Wildman–Crippen LogP) is 2.31. The Kier molecular flexibility index (Phi) is 6.11. The summed E-state index contributed by atoms with van der Waals surface area (Å²) in [5.41, 5.74) is 5.81. The molecule has 0 amide bonds. The van der Waals surface area contributed by atoms with Gasteiger partial charge in [-0.05, 0) is 38.8 Å². The SMILES string of the molecule is CC1CN(C)C(CCN)CN(C2CCCCCC2)C1. The fourth-order valence-electron chi connectivity index (χ4n) is 4.01. The molecular weight excluding hydrogens is 234 g/mol. The molecule has 0 aromatic heterocycles. The van der Waals surface area contributed by atoms with E-state index < -0.39 is 0 Å². The van der Waals surface area contributed by atoms with E-state index >= 15 is 0 Å². The van der Waals surface area contributed by atoms with E-state index in [1.165, 1.54) is 58.2 Å². The second-order valence-corrected chi connectivity index (χ2v) is 6.88. The Morgan fingerprint density at radius 2 is 1.68 bits per heavy atom. The lowest BCUT2D eigenvalue weighted by Crippen LogP contribution is -2.44. The molecular formula is C16H33N3. The van der Waals surface area contributed by atoms with Crippen LogP contribution in [0.15, 0.2) is 0 Å². The zero-order chi connectivity index (χ0) is 13.7. The van der Waals surface area contributed by atoms with Gasteiger partial charge in [0, 0.05) is 31.7 Å². The molecule has 0 spiro atoms. The zero-order valence-corrected chi connectivity index (χ0v) is 13.0. The third-order valence-electron chi connectivity index (χ3n) is 5.06. The van der Waals surface area contributed by atoms with Gasteiger partial charge in [-0.1, -0.05) is 32.6 Å². The standard InChI is InChI=1S/C16H33N3/c1-14-11-18(2)16(9-10-17)13-19(12-14)15-7-5-3-4-6-8-15/h14-16H,3-13,17H2,1-2H3. The van der Waals surface area contributed by atoms with Crippen molar-refractivity contribution < 1.29 is 0 Å². The molecule has 1 heterocycles. The summed E-state index contributed by atoms with van der Waals surface area (Å²) in [6.07, 6.45) is 9.77. The molecule has 3 heteroatoms. The summed E-state index contributed by atoms with van der Waals surface area (Å²) in [6.45, 7) is 6.99. The summed E-state index contributed by atoms with van der Waals surface area (Å²) in [7, 11) is 2.29. The first-order valence-corrected chi connectivity index (χ1v) is 8.35. The van der Waals surface area contributed by atoms with E-state index in [2.05, 4.69) is 23.8 Å². The van der Waals surface area contributed by atoms with E-state index in [9.17, 15) is 0 Å². The number of nitrogens with two attached hydrogens (primary N) is 1. The summed E-state index contributed by atoms with van der Waals surface area (Å²) < 4.78 is 0. The Morgan fingerprint density at radius 1 is 1.00 bits per heavy atom. The monoisotopic (exact) mass is 267 g/mol. The van der Waals surface area contributed by atoms with Crippen molar-refractivity contribution in [3.8, 4) is 0 Å². The van der Waals surface area contributed by atoms with Gasteiger partial charge in [-0.15, -0.1) is 0 Å². The summed E-state index contributed by atoms with van der Waals surface area (Å²) in [6, 6.07) is 1.51. The first kappa shape index (κ1) is 15.3. The lowest BCUT2D eigenvalue weighted by molar-refractivity contribution is 0.146. The van der Waals surface area contributed by atoms with Gasteiger partial charge in [0.15, 0.2) is 0 Å². The minimum absolute atomic E-state index is 0.665. The number of nitrogens with zero attached hydrogens (tertiary/aromatic N) is 2. The highest BCUT2D eigenvalue weighted by Gasteiger charge is 2.29. The summed E-state index contributed by atoms with van der Waals surface area (Å²) in [5.74, 6) is 0.788. The Morgan fingerprint density at radius 3 is 2.32 bits per heavy atom. The van der Waals surface area contributed by atoms with Crippen molar-refractivity contribution in [2.24, 2.45) is 11.7 Å². The molecule has 2 atom stereocenters. The highest BCUT2D eigenvalue weighted by molar-refractivity contribution is 4.85. The zero-order valence-electron chi connectivity index (χ0n) is 13.0. The van der Waals surface area contributed by atoms with E-state index in [0.717, 1.165) is 24.9 Å². The number of likely N-dealkylation sites (N-methyl/N-ethyl adjacent to an activating group) is 1. The van der Waals surface area contributed by atoms with Crippen LogP contribution in [-0.4, -0.2) is 55.1 Å². The summed E-state index contributed by atoms with van der Waals surface area (Å²) in [4.78, 5) is 5.36. The normalized spacial score (nSPS) is 33.0. The lowest BCUT2D eigenvalue weighted by atomic mass is 10.0. The number of rotatable bonds is 3. The molecule has 3 nitrogen and oxygen atoms in total. The van der Waals surface area contributed by atoms with Crippen LogP contribution in [-0.2, 0) is 0 Å². The molecule has 2 aliphatic rings. The van der Waals surface area contributed by atoms with E-state index in [-0.39, 0.29) is 0 Å². The van der Waals surface area contributed by atoms with Crippen molar-refractivity contribution >= 4 is 0 Å². The molecule has 0 aromatic carbocycles. The van der Waals surface area contributed by atoms with E-state index in [4.69, 9.17) is 5.73 Å². The van der Waals surface area contributed by atoms with E-state index in [1.54, 1.807) is 0 Å². The minimum Gasteiger partial charge on any atom is -0.330 e. The molecule has 2 rings (SSSR count). The van der Waals surface area contributed by atoms with Crippen LogP contribution in [0.3, 0.4) is 0 Å². The molecule has 2 N–H and O–H groups in total. The van der Waals surface area contributed by atoms with Crippen LogP contribution < -0.4 is 5.73 Å². The third-order valence-corrected chi connectivity index (χ3v) is 5.06. The fourth-order valence-corrected chi connectivity index (χ4v) is 4.01. The Labute approximate surface area is 119 Å². The fraction of sp³-hybridized carbons (Fsp3) is 1.00. The van der Waals surface area contributed by atoms with Gasteiger partial charge in [0.2, 0.25) is 0 Å². The van der Waals surface area contributed by atoms with Crippen LogP contribution in [0, 0.1) is 5.92 Å². The molecule has 1 aliphatic carbocycles. The van der Waals surface area contributed by atoms with Crippen LogP contribution in [0.5, 0.6) is 0 Å². The summed E-state index contributed by atoms with van der Waals surface area (Å²) in [5, 5.41) is 0. The van der Waals surface area contributed by atoms with Gasteiger partial charge in [-0.2, -0.15) is 0 Å². The van der Waals surface area contributed by atoms with Gasteiger partial charge in [-0.3, -0.25) is 4.90 Å². The minimum atomic E-state index is 0.665. The molecule has 1 aliphatic heterocycles. The Bertz CT molecular complexity index is 248. The highest BCUT2D eigenvalue weighted by atomic mass is 15.2. The maximum Gasteiger partial charge on any atom is 0.0232 e. The van der Waals surface area contributed by atoms with Gasteiger partial charge in [-0.25, -0.2) is 0 Å². The molecule has 1 saturated heterocycles. The molecule has 1 saturated carbocycles. The second kappa shape index (κ2) is 7.61.